The summed E-state index contributed by atoms with van der Waals surface area (Å²) in [6.45, 7) is 36.9. The van der Waals surface area contributed by atoms with E-state index in [1.165, 1.54) is 100 Å². The molecule has 0 saturated heterocycles. The molecule has 0 atom stereocenters. The second-order valence-electron chi connectivity index (χ2n) is 15.8. The van der Waals surface area contributed by atoms with Crippen molar-refractivity contribution in [3.05, 3.63) is 138 Å². The third-order valence-corrected chi connectivity index (χ3v) is 9.40. The van der Waals surface area contributed by atoms with E-state index in [0.29, 0.717) is 0 Å². The van der Waals surface area contributed by atoms with Gasteiger partial charge in [0.25, 0.3) is 0 Å². The van der Waals surface area contributed by atoms with E-state index in [2.05, 4.69) is 159 Å². The Labute approximate surface area is 269 Å². The summed E-state index contributed by atoms with van der Waals surface area (Å²) < 4.78 is 0. The molecule has 0 aliphatic heterocycles. The van der Waals surface area contributed by atoms with Crippen LogP contribution in [0.3, 0.4) is 0 Å². The molecule has 0 amide bonds. The molecule has 0 bridgehead atoms. The Morgan fingerprint density at radius 2 is 0.500 bits per heavy atom. The van der Waals surface area contributed by atoms with Crippen LogP contribution in [0.4, 0.5) is 0 Å². The van der Waals surface area contributed by atoms with Crippen LogP contribution in [0.5, 0.6) is 0 Å². The molecule has 0 N–H and O–H groups in total. The summed E-state index contributed by atoms with van der Waals surface area (Å²) in [7, 11) is 0. The van der Waals surface area contributed by atoms with Crippen molar-refractivity contribution in [2.75, 3.05) is 0 Å². The zero-order valence-electron chi connectivity index (χ0n) is 30.6. The predicted molar refractivity (Wildman–Crippen MR) is 196 cm³/mol. The fraction of sp³-hybridized carbons (Fsp3) is 0.409. The van der Waals surface area contributed by atoms with Gasteiger partial charge in [0.2, 0.25) is 0 Å². The van der Waals surface area contributed by atoms with Gasteiger partial charge in [0.15, 0.2) is 0 Å². The molecule has 0 fully saturated rings. The van der Waals surface area contributed by atoms with Crippen LogP contribution < -0.4 is 0 Å². The van der Waals surface area contributed by atoms with Crippen molar-refractivity contribution in [3.63, 3.8) is 0 Å². The molecule has 0 nitrogen and oxygen atoms in total. The molecule has 4 aromatic carbocycles. The van der Waals surface area contributed by atoms with Crippen LogP contribution in [0.15, 0.2) is 48.5 Å². The van der Waals surface area contributed by atoms with Crippen molar-refractivity contribution in [1.29, 1.82) is 0 Å². The highest BCUT2D eigenvalue weighted by Crippen LogP contribution is 2.46. The van der Waals surface area contributed by atoms with Crippen LogP contribution in [0.2, 0.25) is 0 Å². The molecule has 0 aliphatic rings. The van der Waals surface area contributed by atoms with Gasteiger partial charge in [-0.3, -0.25) is 0 Å². The maximum absolute atomic E-state index is 2.44. The van der Waals surface area contributed by atoms with Crippen LogP contribution >= 0.6 is 0 Å². The molecule has 0 radical (unpaired) electrons. The van der Waals surface area contributed by atoms with Gasteiger partial charge in [-0.2, -0.15) is 0 Å². The van der Waals surface area contributed by atoms with Gasteiger partial charge in [-0.15, -0.1) is 0 Å². The minimum absolute atomic E-state index is 0.0799. The molecule has 0 heteroatoms. The first-order valence-electron chi connectivity index (χ1n) is 16.4. The normalized spacial score (nSPS) is 12.9. The van der Waals surface area contributed by atoms with E-state index in [4.69, 9.17) is 0 Å². The van der Waals surface area contributed by atoms with Crippen LogP contribution in [-0.2, 0) is 10.8 Å². The zero-order valence-corrected chi connectivity index (χ0v) is 30.6. The zero-order chi connectivity index (χ0) is 33.0. The first-order valence-corrected chi connectivity index (χ1v) is 16.4. The molecule has 0 saturated carbocycles. The first-order chi connectivity index (χ1) is 20.2. The number of hydrogen-bond donors (Lipinski definition) is 0. The minimum Gasteiger partial charge on any atom is -0.0561 e. The van der Waals surface area contributed by atoms with E-state index in [9.17, 15) is 0 Å². The third kappa shape index (κ3) is 6.37. The number of hydrogen-bond acceptors (Lipinski definition) is 0. The summed E-state index contributed by atoms with van der Waals surface area (Å²) in [5.41, 5.74) is 24.4. The highest BCUT2D eigenvalue weighted by molar-refractivity contribution is 6.08. The second-order valence-corrected chi connectivity index (χ2v) is 15.8. The van der Waals surface area contributed by atoms with Gasteiger partial charge in [-0.1, -0.05) is 101 Å². The van der Waals surface area contributed by atoms with Crippen LogP contribution in [-0.4, -0.2) is 0 Å². The molecule has 0 unspecified atom stereocenters. The Kier molecular flexibility index (Phi) is 9.02. The largest absolute Gasteiger partial charge is 0.0561 e. The van der Waals surface area contributed by atoms with E-state index in [1.54, 1.807) is 0 Å². The molecule has 0 aliphatic carbocycles. The monoisotopic (exact) mass is 584 g/mol. The van der Waals surface area contributed by atoms with Gasteiger partial charge < -0.3 is 0 Å². The molecule has 0 aromatic heterocycles. The Balaban J connectivity index is 2.39. The van der Waals surface area contributed by atoms with Crippen molar-refractivity contribution in [3.8, 4) is 0 Å². The number of benzene rings is 4. The van der Waals surface area contributed by atoms with Crippen molar-refractivity contribution in [2.45, 2.75) is 122 Å². The van der Waals surface area contributed by atoms with Gasteiger partial charge in [0, 0.05) is 0 Å². The second kappa shape index (κ2) is 11.8. The Morgan fingerprint density at radius 1 is 0.318 bits per heavy atom. The lowest BCUT2D eigenvalue weighted by Gasteiger charge is -2.30. The quantitative estimate of drug-likeness (QED) is 0.209. The SMILES string of the molecule is Cc1cc(C)c(/C(=C(\c2c(C)cc(C)cc2C)c2c(C)cc(C(C)(C)C)cc2C)c2c(C)cc(C(C)(C)C)cc2C)c(C)c1. The van der Waals surface area contributed by atoms with E-state index < -0.39 is 0 Å². The van der Waals surface area contributed by atoms with Crippen LogP contribution in [0.1, 0.15) is 131 Å². The van der Waals surface area contributed by atoms with Gasteiger partial charge in [-0.25, -0.2) is 0 Å². The van der Waals surface area contributed by atoms with Gasteiger partial charge in [0.05, 0.1) is 0 Å². The fourth-order valence-electron chi connectivity index (χ4n) is 7.48. The van der Waals surface area contributed by atoms with Crippen molar-refractivity contribution in [1.82, 2.24) is 0 Å². The van der Waals surface area contributed by atoms with Gasteiger partial charge in [-0.05, 0) is 169 Å². The third-order valence-electron chi connectivity index (χ3n) is 9.40. The van der Waals surface area contributed by atoms with E-state index >= 15 is 0 Å². The van der Waals surface area contributed by atoms with E-state index in [-0.39, 0.29) is 10.8 Å². The summed E-state index contributed by atoms with van der Waals surface area (Å²) in [4.78, 5) is 0. The van der Waals surface area contributed by atoms with E-state index in [1.807, 2.05) is 0 Å². The maximum atomic E-state index is 2.44. The molecule has 4 aromatic rings. The van der Waals surface area contributed by atoms with E-state index in [0.717, 1.165) is 0 Å². The van der Waals surface area contributed by atoms with Crippen molar-refractivity contribution in [2.24, 2.45) is 0 Å². The lowest BCUT2D eigenvalue weighted by Crippen LogP contribution is -2.15. The fourth-order valence-corrected chi connectivity index (χ4v) is 7.48. The van der Waals surface area contributed by atoms with Gasteiger partial charge >= 0.3 is 0 Å². The molecular formula is C44H56. The molecule has 0 spiro atoms. The summed E-state index contributed by atoms with van der Waals surface area (Å²) in [6, 6.07) is 19.2. The summed E-state index contributed by atoms with van der Waals surface area (Å²) in [5.74, 6) is 0. The van der Waals surface area contributed by atoms with Crippen molar-refractivity contribution < 1.29 is 0 Å². The topological polar surface area (TPSA) is 0 Å². The average Bonchev–Trinajstić information content (AvgIpc) is 2.83. The minimum atomic E-state index is 0.0799. The summed E-state index contributed by atoms with van der Waals surface area (Å²) >= 11 is 0. The maximum Gasteiger partial charge on any atom is -0.00157 e. The standard InChI is InChI=1S/C44H56/c1-25-17-27(3)37(28(4)18-25)41(39-31(7)21-35(22-32(39)8)43(11,12)13)42(38-29(5)19-26(2)20-30(38)6)40-33(9)23-36(24-34(40)10)44(14,15)16/h17-24H,1-16H3/b42-41-. The molecule has 44 heavy (non-hydrogen) atoms. The Hall–Kier alpha value is -3.38. The first kappa shape index (κ1) is 33.5. The summed E-state index contributed by atoms with van der Waals surface area (Å²) in [5, 5.41) is 0. The summed E-state index contributed by atoms with van der Waals surface area (Å²) in [6.07, 6.45) is 0. The lowest BCUT2D eigenvalue weighted by atomic mass is 9.74. The van der Waals surface area contributed by atoms with Crippen LogP contribution in [0, 0.1) is 69.2 Å². The van der Waals surface area contributed by atoms with Crippen molar-refractivity contribution >= 4 is 11.1 Å². The predicted octanol–water partition coefficient (Wildman–Crippen LogP) is 12.4. The highest BCUT2D eigenvalue weighted by Gasteiger charge is 2.28. The molecule has 232 valence electrons. The van der Waals surface area contributed by atoms with Crippen LogP contribution in [0.25, 0.3) is 11.1 Å². The lowest BCUT2D eigenvalue weighted by molar-refractivity contribution is 0.589. The van der Waals surface area contributed by atoms with Gasteiger partial charge in [0.1, 0.15) is 0 Å². The Bertz CT molecular complexity index is 1560. The Morgan fingerprint density at radius 3 is 0.682 bits per heavy atom. The molecule has 0 heterocycles. The highest BCUT2D eigenvalue weighted by atomic mass is 14.3. The number of aryl methyl sites for hydroxylation is 10. The number of rotatable bonds is 4. The average molecular weight is 585 g/mol. The smallest absolute Gasteiger partial charge is 0.00157 e. The molecule has 4 rings (SSSR count). The molecular weight excluding hydrogens is 528 g/mol.